The number of aliphatic imine (C=N–C) groups is 1. The van der Waals surface area contributed by atoms with Crippen LogP contribution in [0.15, 0.2) is 59.6 Å². The first kappa shape index (κ1) is 19.4. The Kier molecular flexibility index (Phi) is 6.84. The molecule has 0 saturated carbocycles. The van der Waals surface area contributed by atoms with Gasteiger partial charge in [-0.25, -0.2) is 9.38 Å². The zero-order valence-electron chi connectivity index (χ0n) is 15.3. The smallest absolute Gasteiger partial charge is 0.234 e. The second-order valence-corrected chi connectivity index (χ2v) is 7.43. The number of carbonyl (C=O) groups excluding carboxylic acids is 1. The van der Waals surface area contributed by atoms with E-state index in [4.69, 9.17) is 4.99 Å². The molecule has 1 saturated heterocycles. The summed E-state index contributed by atoms with van der Waals surface area (Å²) in [7, 11) is 2.18. The number of rotatable bonds is 4. The lowest BCUT2D eigenvalue weighted by Gasteiger charge is -2.32. The van der Waals surface area contributed by atoms with E-state index in [9.17, 15) is 9.18 Å². The molecule has 2 N–H and O–H groups in total. The van der Waals surface area contributed by atoms with Gasteiger partial charge in [-0.1, -0.05) is 42.1 Å². The summed E-state index contributed by atoms with van der Waals surface area (Å²) in [5.74, 6) is -0.499. The average Bonchev–Trinajstić information content (AvgIpc) is 2.68. The molecule has 0 atom stereocenters. The van der Waals surface area contributed by atoms with Gasteiger partial charge in [0.1, 0.15) is 5.82 Å². The number of nitrogens with one attached hydrogen (secondary N) is 2. The normalized spacial score (nSPS) is 15.6. The monoisotopic (exact) mass is 387 g/mol. The number of halogens is 1. The van der Waals surface area contributed by atoms with Gasteiger partial charge < -0.3 is 15.1 Å². The van der Waals surface area contributed by atoms with Crippen LogP contribution < -0.4 is 10.2 Å². The van der Waals surface area contributed by atoms with Crippen molar-refractivity contribution in [2.75, 3.05) is 44.3 Å². The summed E-state index contributed by atoms with van der Waals surface area (Å²) in [5, 5.41) is 3.46. The van der Waals surface area contributed by atoms with Crippen molar-refractivity contribution in [2.45, 2.75) is 0 Å². The van der Waals surface area contributed by atoms with Crippen molar-refractivity contribution in [3.8, 4) is 0 Å². The Bertz CT molecular complexity index is 792. The highest BCUT2D eigenvalue weighted by Gasteiger charge is 2.21. The van der Waals surface area contributed by atoms with Crippen LogP contribution in [0.2, 0.25) is 0 Å². The molecule has 5 nitrogen and oxygen atoms in total. The number of amides is 1. The Morgan fingerprint density at radius 3 is 2.52 bits per heavy atom. The number of benzene rings is 2. The topological polar surface area (TPSA) is 49.1 Å². The maximum atomic E-state index is 13.7. The Hall–Kier alpha value is -2.38. The van der Waals surface area contributed by atoms with E-state index in [0.717, 1.165) is 37.0 Å². The second-order valence-electron chi connectivity index (χ2n) is 6.49. The molecule has 1 aliphatic rings. The molecule has 0 radical (unpaired) electrons. The molecule has 1 amide bonds. The highest BCUT2D eigenvalue weighted by atomic mass is 32.2. The molecule has 2 aromatic carbocycles. The Labute approximate surface area is 163 Å². The molecule has 3 rings (SSSR count). The lowest BCUT2D eigenvalue weighted by Crippen LogP contribution is -3.12. The maximum absolute atomic E-state index is 13.7. The van der Waals surface area contributed by atoms with Crippen molar-refractivity contribution in [3.63, 3.8) is 0 Å². The summed E-state index contributed by atoms with van der Waals surface area (Å²) in [6.45, 7) is 3.88. The minimum Gasteiger partial charge on any atom is -0.340 e. The van der Waals surface area contributed by atoms with Crippen LogP contribution in [-0.2, 0) is 4.79 Å². The van der Waals surface area contributed by atoms with E-state index in [0.29, 0.717) is 0 Å². The van der Waals surface area contributed by atoms with Crippen LogP contribution in [0.1, 0.15) is 0 Å². The number of thioether (sulfide) groups is 1. The highest BCUT2D eigenvalue weighted by Crippen LogP contribution is 2.19. The van der Waals surface area contributed by atoms with E-state index < -0.39 is 5.82 Å². The van der Waals surface area contributed by atoms with Crippen LogP contribution in [-0.4, -0.2) is 55.0 Å². The quantitative estimate of drug-likeness (QED) is 0.623. The van der Waals surface area contributed by atoms with Gasteiger partial charge in [-0.15, -0.1) is 0 Å². The van der Waals surface area contributed by atoms with Crippen LogP contribution in [0.3, 0.4) is 0 Å². The van der Waals surface area contributed by atoms with E-state index in [1.54, 1.807) is 18.2 Å². The van der Waals surface area contributed by atoms with Crippen LogP contribution >= 0.6 is 11.8 Å². The Morgan fingerprint density at radius 1 is 1.15 bits per heavy atom. The predicted octanol–water partition coefficient (Wildman–Crippen LogP) is 2.02. The molecule has 0 aromatic heterocycles. The second kappa shape index (κ2) is 9.53. The fourth-order valence-corrected chi connectivity index (χ4v) is 3.63. The fourth-order valence-electron chi connectivity index (χ4n) is 2.77. The van der Waals surface area contributed by atoms with Crippen molar-refractivity contribution < 1.29 is 14.1 Å². The number of quaternary nitrogens is 1. The first-order valence-electron chi connectivity index (χ1n) is 8.99. The third-order valence-corrected chi connectivity index (χ3v) is 5.36. The summed E-state index contributed by atoms with van der Waals surface area (Å²) in [4.78, 5) is 20.7. The van der Waals surface area contributed by atoms with Crippen molar-refractivity contribution in [2.24, 2.45) is 4.99 Å². The summed E-state index contributed by atoms with van der Waals surface area (Å²) in [5.41, 5.74) is 1.06. The lowest BCUT2D eigenvalue weighted by molar-refractivity contribution is -0.883. The number of hydrogen-bond donors (Lipinski definition) is 2. The van der Waals surface area contributed by atoms with Gasteiger partial charge in [0.2, 0.25) is 5.91 Å². The van der Waals surface area contributed by atoms with Gasteiger partial charge >= 0.3 is 0 Å². The average molecular weight is 388 g/mol. The van der Waals surface area contributed by atoms with Crippen molar-refractivity contribution in [1.29, 1.82) is 0 Å². The van der Waals surface area contributed by atoms with Crippen molar-refractivity contribution in [3.05, 3.63) is 60.4 Å². The molecule has 142 valence electrons. The zero-order valence-corrected chi connectivity index (χ0v) is 16.1. The maximum Gasteiger partial charge on any atom is 0.234 e. The number of piperazine rings is 1. The molecule has 27 heavy (non-hydrogen) atoms. The van der Waals surface area contributed by atoms with Crippen LogP contribution in [0, 0.1) is 5.82 Å². The molecular formula is C20H24FN4OS+. The number of nitrogens with zero attached hydrogens (tertiary/aromatic N) is 2. The molecule has 1 heterocycles. The van der Waals surface area contributed by atoms with Crippen molar-refractivity contribution in [1.82, 2.24) is 4.90 Å². The van der Waals surface area contributed by atoms with Gasteiger partial charge in [0.05, 0.1) is 50.4 Å². The molecule has 0 unspecified atom stereocenters. The Morgan fingerprint density at radius 2 is 1.81 bits per heavy atom. The van der Waals surface area contributed by atoms with E-state index in [2.05, 4.69) is 17.3 Å². The molecule has 0 spiro atoms. The minimum absolute atomic E-state index is 0.180. The van der Waals surface area contributed by atoms with Gasteiger partial charge in [-0.05, 0) is 24.3 Å². The molecule has 1 aliphatic heterocycles. The van der Waals surface area contributed by atoms with Crippen LogP contribution in [0.25, 0.3) is 0 Å². The number of likely N-dealkylation sites (N-methyl/N-ethyl adjacent to an activating group) is 1. The third-order valence-electron chi connectivity index (χ3n) is 4.35. The SMILES string of the molecule is C[NH+]1CCN(C(=Nc2ccccc2)SCC(=O)Nc2ccccc2F)CC1. The number of amidine groups is 1. The van der Waals surface area contributed by atoms with Crippen molar-refractivity contribution >= 4 is 34.2 Å². The molecule has 1 fully saturated rings. The van der Waals surface area contributed by atoms with Crippen LogP contribution in [0.5, 0.6) is 0 Å². The van der Waals surface area contributed by atoms with Gasteiger partial charge in [-0.3, -0.25) is 4.79 Å². The van der Waals surface area contributed by atoms with E-state index in [1.807, 2.05) is 30.3 Å². The van der Waals surface area contributed by atoms with E-state index in [-0.39, 0.29) is 17.3 Å². The summed E-state index contributed by atoms with van der Waals surface area (Å²) < 4.78 is 13.7. The molecule has 0 bridgehead atoms. The Balaban J connectivity index is 1.67. The van der Waals surface area contributed by atoms with Crippen LogP contribution in [0.4, 0.5) is 15.8 Å². The largest absolute Gasteiger partial charge is 0.340 e. The highest BCUT2D eigenvalue weighted by molar-refractivity contribution is 8.14. The number of para-hydroxylation sites is 2. The first-order valence-corrected chi connectivity index (χ1v) is 9.97. The lowest BCUT2D eigenvalue weighted by atomic mass is 10.3. The minimum atomic E-state index is -0.434. The van der Waals surface area contributed by atoms with E-state index in [1.165, 1.54) is 22.7 Å². The van der Waals surface area contributed by atoms with Gasteiger partial charge in [-0.2, -0.15) is 0 Å². The number of hydrogen-bond acceptors (Lipinski definition) is 3. The fraction of sp³-hybridized carbons (Fsp3) is 0.300. The first-order chi connectivity index (χ1) is 13.1. The third kappa shape index (κ3) is 5.80. The zero-order chi connectivity index (χ0) is 19.1. The van der Waals surface area contributed by atoms with Gasteiger partial charge in [0.15, 0.2) is 5.17 Å². The summed E-state index contributed by atoms with van der Waals surface area (Å²) in [6.07, 6.45) is 0. The summed E-state index contributed by atoms with van der Waals surface area (Å²) >= 11 is 1.39. The number of carbonyl (C=O) groups is 1. The molecule has 0 aliphatic carbocycles. The number of anilines is 1. The standard InChI is InChI=1S/C20H23FN4OS/c1-24-11-13-25(14-12-24)20(22-16-7-3-2-4-8-16)27-15-19(26)23-18-10-6-5-9-17(18)21/h2-10H,11-15H2,1H3,(H,23,26)/p+1. The van der Waals surface area contributed by atoms with E-state index >= 15 is 0 Å². The predicted molar refractivity (Wildman–Crippen MR) is 109 cm³/mol. The molecule has 2 aromatic rings. The van der Waals surface area contributed by atoms with Gasteiger partial charge in [0.25, 0.3) is 0 Å². The van der Waals surface area contributed by atoms with Gasteiger partial charge in [0, 0.05) is 0 Å². The molecule has 7 heteroatoms. The molecular weight excluding hydrogens is 363 g/mol. The summed E-state index contributed by atoms with van der Waals surface area (Å²) in [6, 6.07) is 15.9.